The topological polar surface area (TPSA) is 58.2 Å². The van der Waals surface area contributed by atoms with E-state index in [2.05, 4.69) is 16.1 Å². The molecule has 0 aliphatic rings. The molecule has 0 unspecified atom stereocenters. The average molecular weight is 324 g/mol. The van der Waals surface area contributed by atoms with Crippen LogP contribution < -0.4 is 10.0 Å². The molecule has 0 aliphatic heterocycles. The minimum atomic E-state index is -3.40. The summed E-state index contributed by atoms with van der Waals surface area (Å²) in [5.74, 6) is 0. The fourth-order valence-corrected chi connectivity index (χ4v) is 4.35. The third kappa shape index (κ3) is 4.64. The van der Waals surface area contributed by atoms with Gasteiger partial charge in [0, 0.05) is 13.1 Å². The predicted octanol–water partition coefficient (Wildman–Crippen LogP) is 2.30. The molecule has 2 rings (SSSR count). The lowest BCUT2D eigenvalue weighted by atomic mass is 10.1. The maximum absolute atomic E-state index is 12.2. The molecular formula is C15H20N2O2S2. The Bertz CT molecular complexity index is 693. The molecule has 21 heavy (non-hydrogen) atoms. The molecule has 0 fully saturated rings. The summed E-state index contributed by atoms with van der Waals surface area (Å²) in [6.45, 7) is 3.11. The monoisotopic (exact) mass is 324 g/mol. The molecule has 0 saturated heterocycles. The smallest absolute Gasteiger partial charge is 0.250 e. The molecular weight excluding hydrogens is 304 g/mol. The molecule has 0 aliphatic carbocycles. The molecule has 4 nitrogen and oxygen atoms in total. The molecule has 1 aromatic heterocycles. The molecule has 6 heteroatoms. The van der Waals surface area contributed by atoms with Crippen LogP contribution >= 0.6 is 11.3 Å². The summed E-state index contributed by atoms with van der Waals surface area (Å²) in [4.78, 5) is 0. The zero-order valence-electron chi connectivity index (χ0n) is 12.2. The Hall–Kier alpha value is -1.21. The van der Waals surface area contributed by atoms with E-state index in [0.29, 0.717) is 23.7 Å². The first kappa shape index (κ1) is 16.2. The van der Waals surface area contributed by atoms with Crippen molar-refractivity contribution in [2.24, 2.45) is 0 Å². The van der Waals surface area contributed by atoms with E-state index in [4.69, 9.17) is 0 Å². The molecule has 1 aromatic carbocycles. The number of aryl methyl sites for hydroxylation is 1. The molecule has 2 N–H and O–H groups in total. The maximum Gasteiger partial charge on any atom is 0.250 e. The number of rotatable bonds is 7. The SMILES string of the molecule is CNCc1csc(S(=O)(=O)NCCc2cccc(C)c2)c1. The van der Waals surface area contributed by atoms with Gasteiger partial charge in [0.25, 0.3) is 0 Å². The Labute approximate surface area is 130 Å². The van der Waals surface area contributed by atoms with E-state index in [1.54, 1.807) is 6.07 Å². The van der Waals surface area contributed by atoms with Gasteiger partial charge in [0.15, 0.2) is 0 Å². The van der Waals surface area contributed by atoms with Crippen LogP contribution in [0.1, 0.15) is 16.7 Å². The van der Waals surface area contributed by atoms with Crippen LogP contribution in [-0.4, -0.2) is 22.0 Å². The second kappa shape index (κ2) is 7.17. The van der Waals surface area contributed by atoms with Crippen molar-refractivity contribution in [3.8, 4) is 0 Å². The van der Waals surface area contributed by atoms with E-state index in [-0.39, 0.29) is 0 Å². The first-order chi connectivity index (χ1) is 10.0. The van der Waals surface area contributed by atoms with Crippen molar-refractivity contribution in [1.29, 1.82) is 0 Å². The van der Waals surface area contributed by atoms with Crippen LogP contribution in [0.4, 0.5) is 0 Å². The van der Waals surface area contributed by atoms with E-state index >= 15 is 0 Å². The Morgan fingerprint density at radius 1 is 1.19 bits per heavy atom. The van der Waals surface area contributed by atoms with Gasteiger partial charge in [-0.15, -0.1) is 11.3 Å². The van der Waals surface area contributed by atoms with Gasteiger partial charge in [-0.05, 0) is 43.0 Å². The second-order valence-corrected chi connectivity index (χ2v) is 7.85. The van der Waals surface area contributed by atoms with Gasteiger partial charge in [0.1, 0.15) is 4.21 Å². The van der Waals surface area contributed by atoms with Crippen LogP contribution in [-0.2, 0) is 23.0 Å². The number of benzene rings is 1. The van der Waals surface area contributed by atoms with Gasteiger partial charge in [-0.25, -0.2) is 13.1 Å². The predicted molar refractivity (Wildman–Crippen MR) is 87.2 cm³/mol. The number of nitrogens with one attached hydrogen (secondary N) is 2. The fraction of sp³-hybridized carbons (Fsp3) is 0.333. The lowest BCUT2D eigenvalue weighted by Crippen LogP contribution is -2.25. The summed E-state index contributed by atoms with van der Waals surface area (Å²) in [6, 6.07) is 9.82. The van der Waals surface area contributed by atoms with Crippen LogP contribution in [0, 0.1) is 6.92 Å². The summed E-state index contributed by atoms with van der Waals surface area (Å²) in [5, 5.41) is 4.88. The summed E-state index contributed by atoms with van der Waals surface area (Å²) in [6.07, 6.45) is 0.690. The Morgan fingerprint density at radius 3 is 2.71 bits per heavy atom. The van der Waals surface area contributed by atoms with Crippen LogP contribution in [0.25, 0.3) is 0 Å². The molecule has 0 amide bonds. The van der Waals surface area contributed by atoms with Gasteiger partial charge in [-0.1, -0.05) is 29.8 Å². The highest BCUT2D eigenvalue weighted by atomic mass is 32.2. The maximum atomic E-state index is 12.2. The van der Waals surface area contributed by atoms with Crippen molar-refractivity contribution in [2.45, 2.75) is 24.1 Å². The minimum Gasteiger partial charge on any atom is -0.316 e. The van der Waals surface area contributed by atoms with E-state index in [0.717, 1.165) is 11.1 Å². The quantitative estimate of drug-likeness (QED) is 0.821. The Balaban J connectivity index is 1.94. The largest absolute Gasteiger partial charge is 0.316 e. The molecule has 0 saturated carbocycles. The third-order valence-electron chi connectivity index (χ3n) is 3.06. The summed E-state index contributed by atoms with van der Waals surface area (Å²) in [7, 11) is -1.56. The molecule has 1 heterocycles. The van der Waals surface area contributed by atoms with Crippen molar-refractivity contribution in [2.75, 3.05) is 13.6 Å². The van der Waals surface area contributed by atoms with Gasteiger partial charge in [-0.3, -0.25) is 0 Å². The molecule has 0 atom stereocenters. The van der Waals surface area contributed by atoms with Gasteiger partial charge in [0.2, 0.25) is 10.0 Å². The van der Waals surface area contributed by atoms with Crippen molar-refractivity contribution < 1.29 is 8.42 Å². The number of sulfonamides is 1. The van der Waals surface area contributed by atoms with Crippen molar-refractivity contribution in [3.63, 3.8) is 0 Å². The zero-order valence-corrected chi connectivity index (χ0v) is 13.9. The number of hydrogen-bond donors (Lipinski definition) is 2. The highest BCUT2D eigenvalue weighted by molar-refractivity contribution is 7.91. The van der Waals surface area contributed by atoms with E-state index in [1.807, 2.05) is 37.6 Å². The van der Waals surface area contributed by atoms with Crippen LogP contribution in [0.3, 0.4) is 0 Å². The lowest BCUT2D eigenvalue weighted by molar-refractivity contribution is 0.583. The van der Waals surface area contributed by atoms with E-state index in [1.165, 1.54) is 16.9 Å². The standard InChI is InChI=1S/C15H20N2O2S2/c1-12-4-3-5-13(8-12)6-7-17-21(18,19)15-9-14(10-16-2)11-20-15/h3-5,8-9,11,16-17H,6-7,10H2,1-2H3. The van der Waals surface area contributed by atoms with Gasteiger partial charge in [0.05, 0.1) is 0 Å². The third-order valence-corrected chi connectivity index (χ3v) is 6.01. The zero-order chi connectivity index (χ0) is 15.3. The van der Waals surface area contributed by atoms with E-state index in [9.17, 15) is 8.42 Å². The van der Waals surface area contributed by atoms with Crippen molar-refractivity contribution in [1.82, 2.24) is 10.0 Å². The normalized spacial score (nSPS) is 11.7. The fourth-order valence-electron chi connectivity index (χ4n) is 2.06. The molecule has 114 valence electrons. The highest BCUT2D eigenvalue weighted by Gasteiger charge is 2.15. The van der Waals surface area contributed by atoms with Crippen LogP contribution in [0.5, 0.6) is 0 Å². The molecule has 2 aromatic rings. The number of thiophene rings is 1. The van der Waals surface area contributed by atoms with Crippen molar-refractivity contribution in [3.05, 3.63) is 52.4 Å². The van der Waals surface area contributed by atoms with Gasteiger partial charge >= 0.3 is 0 Å². The van der Waals surface area contributed by atoms with Gasteiger partial charge in [-0.2, -0.15) is 0 Å². The lowest BCUT2D eigenvalue weighted by Gasteiger charge is -2.05. The molecule has 0 radical (unpaired) electrons. The summed E-state index contributed by atoms with van der Waals surface area (Å²) in [5.41, 5.74) is 3.31. The summed E-state index contributed by atoms with van der Waals surface area (Å²) < 4.78 is 27.4. The molecule has 0 bridgehead atoms. The first-order valence-electron chi connectivity index (χ1n) is 6.78. The Morgan fingerprint density at radius 2 is 2.00 bits per heavy atom. The van der Waals surface area contributed by atoms with Gasteiger partial charge < -0.3 is 5.32 Å². The second-order valence-electron chi connectivity index (χ2n) is 4.94. The van der Waals surface area contributed by atoms with Crippen LogP contribution in [0.15, 0.2) is 39.9 Å². The number of hydrogen-bond acceptors (Lipinski definition) is 4. The summed E-state index contributed by atoms with van der Waals surface area (Å²) >= 11 is 1.25. The van der Waals surface area contributed by atoms with E-state index < -0.39 is 10.0 Å². The Kier molecular flexibility index (Phi) is 5.52. The molecule has 0 spiro atoms. The van der Waals surface area contributed by atoms with Crippen LogP contribution in [0.2, 0.25) is 0 Å². The minimum absolute atomic E-state index is 0.372. The average Bonchev–Trinajstić information content (AvgIpc) is 2.88. The first-order valence-corrected chi connectivity index (χ1v) is 9.15. The van der Waals surface area contributed by atoms with Crippen molar-refractivity contribution >= 4 is 21.4 Å². The highest BCUT2D eigenvalue weighted by Crippen LogP contribution is 2.20.